The minimum Gasteiger partial charge on any atom is -0.448 e. The molecule has 7 heteroatoms. The zero-order valence-corrected chi connectivity index (χ0v) is 14.5. The summed E-state index contributed by atoms with van der Waals surface area (Å²) in [7, 11) is 0. The van der Waals surface area contributed by atoms with Crippen LogP contribution < -0.4 is 5.32 Å². The Morgan fingerprint density at radius 1 is 1.04 bits per heavy atom. The second kappa shape index (κ2) is 6.87. The summed E-state index contributed by atoms with van der Waals surface area (Å²) in [6.07, 6.45) is 0.701. The van der Waals surface area contributed by atoms with Crippen LogP contribution in [-0.4, -0.2) is 33.2 Å². The van der Waals surface area contributed by atoms with Gasteiger partial charge in [0, 0.05) is 17.0 Å². The topological polar surface area (TPSA) is 97.0 Å². The molecule has 0 saturated carbocycles. The third-order valence-electron chi connectivity index (χ3n) is 4.22. The monoisotopic (exact) mass is 360 g/mol. The number of H-pyrrole nitrogens is 1. The van der Waals surface area contributed by atoms with Gasteiger partial charge in [0.05, 0.1) is 16.7 Å². The maximum absolute atomic E-state index is 12.5. The number of amides is 1. The molecular weight excluding hydrogens is 344 g/mol. The molecule has 0 saturated heterocycles. The van der Waals surface area contributed by atoms with Crippen LogP contribution >= 0.6 is 0 Å². The van der Waals surface area contributed by atoms with E-state index < -0.39 is 18.0 Å². The minimum absolute atomic E-state index is 0.152. The number of rotatable bonds is 4. The largest absolute Gasteiger partial charge is 0.448 e. The first-order valence-corrected chi connectivity index (χ1v) is 8.42. The van der Waals surface area contributed by atoms with E-state index >= 15 is 0 Å². The number of hydrogen-bond acceptors (Lipinski definition) is 5. The lowest BCUT2D eigenvalue weighted by Crippen LogP contribution is -2.30. The molecule has 0 unspecified atom stereocenters. The van der Waals surface area contributed by atoms with Crippen LogP contribution in [0, 0.1) is 0 Å². The van der Waals surface area contributed by atoms with Gasteiger partial charge in [-0.15, -0.1) is 0 Å². The summed E-state index contributed by atoms with van der Waals surface area (Å²) in [6.45, 7) is 1.52. The fraction of sp³-hybridized carbons (Fsp3) is 0.100. The number of esters is 1. The molecule has 2 N–H and O–H groups in total. The molecule has 0 spiro atoms. The number of para-hydroxylation sites is 1. The number of benzene rings is 2. The zero-order chi connectivity index (χ0) is 18.8. The summed E-state index contributed by atoms with van der Waals surface area (Å²) in [4.78, 5) is 29.1. The molecule has 0 bridgehead atoms. The van der Waals surface area contributed by atoms with Gasteiger partial charge in [-0.1, -0.05) is 24.3 Å². The summed E-state index contributed by atoms with van der Waals surface area (Å²) in [5.41, 5.74) is 2.26. The fourth-order valence-corrected chi connectivity index (χ4v) is 2.84. The van der Waals surface area contributed by atoms with Gasteiger partial charge in [0.2, 0.25) is 0 Å². The average Bonchev–Trinajstić information content (AvgIpc) is 3.12. The molecule has 0 aliphatic rings. The van der Waals surface area contributed by atoms with Crippen molar-refractivity contribution in [2.45, 2.75) is 13.0 Å². The van der Waals surface area contributed by atoms with Crippen LogP contribution in [0.2, 0.25) is 0 Å². The van der Waals surface area contributed by atoms with Crippen LogP contribution in [0.15, 0.2) is 60.8 Å². The first-order valence-electron chi connectivity index (χ1n) is 8.42. The van der Waals surface area contributed by atoms with E-state index in [-0.39, 0.29) is 5.69 Å². The van der Waals surface area contributed by atoms with Crippen molar-refractivity contribution >= 4 is 39.4 Å². The highest BCUT2D eigenvalue weighted by molar-refractivity contribution is 6.05. The highest BCUT2D eigenvalue weighted by Gasteiger charge is 2.22. The highest BCUT2D eigenvalue weighted by Crippen LogP contribution is 2.22. The van der Waals surface area contributed by atoms with Crippen molar-refractivity contribution in [3.05, 3.63) is 66.5 Å². The van der Waals surface area contributed by atoms with Crippen LogP contribution in [0.25, 0.3) is 21.8 Å². The Bertz CT molecular complexity index is 1150. The van der Waals surface area contributed by atoms with Crippen LogP contribution in [-0.2, 0) is 9.53 Å². The zero-order valence-electron chi connectivity index (χ0n) is 14.5. The predicted molar refractivity (Wildman–Crippen MR) is 101 cm³/mol. The van der Waals surface area contributed by atoms with E-state index in [4.69, 9.17) is 4.74 Å². The number of aromatic nitrogens is 3. The molecule has 2 aromatic carbocycles. The molecule has 4 aromatic rings. The Kier molecular flexibility index (Phi) is 4.25. The van der Waals surface area contributed by atoms with E-state index in [1.807, 2.05) is 24.3 Å². The lowest BCUT2D eigenvalue weighted by molar-refractivity contribution is -0.123. The first-order chi connectivity index (χ1) is 13.1. The molecule has 7 nitrogen and oxygen atoms in total. The summed E-state index contributed by atoms with van der Waals surface area (Å²) >= 11 is 0. The molecule has 134 valence electrons. The van der Waals surface area contributed by atoms with Crippen molar-refractivity contribution in [2.24, 2.45) is 0 Å². The average molecular weight is 360 g/mol. The van der Waals surface area contributed by atoms with E-state index in [2.05, 4.69) is 20.5 Å². The van der Waals surface area contributed by atoms with Crippen LogP contribution in [0.3, 0.4) is 0 Å². The number of carbonyl (C=O) groups excluding carboxylic acids is 2. The summed E-state index contributed by atoms with van der Waals surface area (Å²) < 4.78 is 5.30. The molecule has 2 heterocycles. The quantitative estimate of drug-likeness (QED) is 0.544. The first kappa shape index (κ1) is 16.7. The van der Waals surface area contributed by atoms with E-state index in [9.17, 15) is 9.59 Å². The molecular formula is C20H16N4O3. The number of carbonyl (C=O) groups is 2. The molecule has 0 aliphatic heterocycles. The van der Waals surface area contributed by atoms with Gasteiger partial charge in [-0.3, -0.25) is 14.9 Å². The van der Waals surface area contributed by atoms with Crippen molar-refractivity contribution in [2.75, 3.05) is 5.32 Å². The second-order valence-electron chi connectivity index (χ2n) is 6.03. The van der Waals surface area contributed by atoms with Crippen LogP contribution in [0.5, 0.6) is 0 Å². The number of pyridine rings is 1. The number of nitrogens with one attached hydrogen (secondary N) is 2. The van der Waals surface area contributed by atoms with Gasteiger partial charge >= 0.3 is 5.97 Å². The predicted octanol–water partition coefficient (Wildman–Crippen LogP) is 3.30. The van der Waals surface area contributed by atoms with Gasteiger partial charge in [0.15, 0.2) is 11.8 Å². The van der Waals surface area contributed by atoms with Gasteiger partial charge < -0.3 is 10.1 Å². The summed E-state index contributed by atoms with van der Waals surface area (Å²) in [6, 6.07) is 16.3. The Morgan fingerprint density at radius 2 is 1.85 bits per heavy atom. The van der Waals surface area contributed by atoms with Crippen LogP contribution in [0.1, 0.15) is 17.4 Å². The lowest BCUT2D eigenvalue weighted by Gasteiger charge is -2.14. The molecule has 1 amide bonds. The van der Waals surface area contributed by atoms with Crippen molar-refractivity contribution < 1.29 is 14.3 Å². The Balaban J connectivity index is 1.50. The van der Waals surface area contributed by atoms with Gasteiger partial charge in [-0.25, -0.2) is 4.79 Å². The van der Waals surface area contributed by atoms with E-state index in [1.54, 1.807) is 36.5 Å². The molecule has 0 fully saturated rings. The van der Waals surface area contributed by atoms with Gasteiger partial charge in [-0.2, -0.15) is 5.10 Å². The Hall–Kier alpha value is -3.74. The number of nitrogens with zero attached hydrogens (tertiary/aromatic N) is 2. The number of ether oxygens (including phenoxy) is 1. The maximum atomic E-state index is 12.5. The third kappa shape index (κ3) is 3.22. The molecule has 0 aliphatic carbocycles. The SMILES string of the molecule is C[C@H](OC(=O)c1n[nH]c2ccccc12)C(=O)Nc1cccc2ncccc12. The van der Waals surface area contributed by atoms with Crippen LogP contribution in [0.4, 0.5) is 5.69 Å². The molecule has 27 heavy (non-hydrogen) atoms. The third-order valence-corrected chi connectivity index (χ3v) is 4.22. The molecule has 4 rings (SSSR count). The van der Waals surface area contributed by atoms with Crippen molar-refractivity contribution in [3.63, 3.8) is 0 Å². The lowest BCUT2D eigenvalue weighted by atomic mass is 10.2. The molecule has 0 radical (unpaired) electrons. The Morgan fingerprint density at radius 3 is 2.74 bits per heavy atom. The number of aromatic amines is 1. The smallest absolute Gasteiger partial charge is 0.360 e. The minimum atomic E-state index is -0.986. The van der Waals surface area contributed by atoms with E-state index in [0.29, 0.717) is 11.1 Å². The normalized spacial score (nSPS) is 12.0. The fourth-order valence-electron chi connectivity index (χ4n) is 2.84. The number of hydrogen-bond donors (Lipinski definition) is 2. The highest BCUT2D eigenvalue weighted by atomic mass is 16.5. The van der Waals surface area contributed by atoms with Crippen molar-refractivity contribution in [3.8, 4) is 0 Å². The van der Waals surface area contributed by atoms with Gasteiger partial charge in [0.1, 0.15) is 0 Å². The second-order valence-corrected chi connectivity index (χ2v) is 6.03. The molecule has 2 aromatic heterocycles. The number of fused-ring (bicyclic) bond motifs is 2. The Labute approximate surface area is 154 Å². The van der Waals surface area contributed by atoms with E-state index in [0.717, 1.165) is 16.4 Å². The standard InChI is InChI=1S/C20H16N4O3/c1-12(27-20(26)18-14-6-2-3-8-17(14)23-24-18)19(25)22-16-10-4-9-15-13(16)7-5-11-21-15/h2-12H,1H3,(H,22,25)(H,23,24)/t12-/m0/s1. The van der Waals surface area contributed by atoms with Gasteiger partial charge in [0.25, 0.3) is 5.91 Å². The van der Waals surface area contributed by atoms with Crippen molar-refractivity contribution in [1.82, 2.24) is 15.2 Å². The summed E-state index contributed by atoms with van der Waals surface area (Å²) in [5, 5.41) is 11.0. The van der Waals surface area contributed by atoms with E-state index in [1.165, 1.54) is 6.92 Å². The maximum Gasteiger partial charge on any atom is 0.360 e. The summed E-state index contributed by atoms with van der Waals surface area (Å²) in [5.74, 6) is -1.09. The number of anilines is 1. The van der Waals surface area contributed by atoms with Gasteiger partial charge in [-0.05, 0) is 37.3 Å². The van der Waals surface area contributed by atoms with Crippen molar-refractivity contribution in [1.29, 1.82) is 0 Å². The molecule has 1 atom stereocenters.